The lowest BCUT2D eigenvalue weighted by molar-refractivity contribution is 0.112. The first-order chi connectivity index (χ1) is 6.86. The van der Waals surface area contributed by atoms with Crippen LogP contribution in [-0.4, -0.2) is 23.8 Å². The molecule has 80 valence electrons. The van der Waals surface area contributed by atoms with Gasteiger partial charge in [-0.25, -0.2) is 0 Å². The number of rotatable bonds is 3. The van der Waals surface area contributed by atoms with Crippen LogP contribution in [0.2, 0.25) is 0 Å². The molecule has 0 saturated carbocycles. The minimum atomic E-state index is -0.153. The molecular formula is C12H21NO. The van der Waals surface area contributed by atoms with Crippen LogP contribution in [0.4, 0.5) is 0 Å². The van der Waals surface area contributed by atoms with Crippen molar-refractivity contribution in [3.63, 3.8) is 0 Å². The molecule has 2 rings (SSSR count). The molecule has 1 saturated heterocycles. The van der Waals surface area contributed by atoms with Crippen LogP contribution >= 0.6 is 0 Å². The molecule has 2 heteroatoms. The number of nitrogens with one attached hydrogen (secondary N) is 1. The first kappa shape index (κ1) is 10.2. The van der Waals surface area contributed by atoms with Gasteiger partial charge in [0.25, 0.3) is 0 Å². The Balaban J connectivity index is 1.78. The molecule has 14 heavy (non-hydrogen) atoms. The molecule has 1 heterocycles. The van der Waals surface area contributed by atoms with Crippen molar-refractivity contribution in [1.29, 1.82) is 0 Å². The van der Waals surface area contributed by atoms with Crippen molar-refractivity contribution in [3.05, 3.63) is 11.6 Å². The Morgan fingerprint density at radius 3 is 3.00 bits per heavy atom. The SMILES string of the molecule is OC(CC1=CCCC1)C1CCCCN1. The minimum absolute atomic E-state index is 0.153. The fourth-order valence-corrected chi connectivity index (χ4v) is 2.54. The van der Waals surface area contributed by atoms with E-state index in [1.165, 1.54) is 37.7 Å². The van der Waals surface area contributed by atoms with E-state index in [2.05, 4.69) is 11.4 Å². The molecule has 0 aromatic heterocycles. The second-order valence-corrected chi connectivity index (χ2v) is 4.58. The molecule has 0 radical (unpaired) electrons. The van der Waals surface area contributed by atoms with E-state index in [1.54, 1.807) is 0 Å². The third-order valence-electron chi connectivity index (χ3n) is 3.42. The van der Waals surface area contributed by atoms with Gasteiger partial charge in [-0.3, -0.25) is 0 Å². The van der Waals surface area contributed by atoms with Crippen molar-refractivity contribution in [2.45, 2.75) is 57.1 Å². The summed E-state index contributed by atoms with van der Waals surface area (Å²) in [6.07, 6.45) is 10.5. The van der Waals surface area contributed by atoms with Crippen molar-refractivity contribution < 1.29 is 5.11 Å². The van der Waals surface area contributed by atoms with E-state index < -0.39 is 0 Å². The molecular weight excluding hydrogens is 174 g/mol. The van der Waals surface area contributed by atoms with Gasteiger partial charge in [0.1, 0.15) is 0 Å². The fourth-order valence-electron chi connectivity index (χ4n) is 2.54. The largest absolute Gasteiger partial charge is 0.391 e. The smallest absolute Gasteiger partial charge is 0.0730 e. The van der Waals surface area contributed by atoms with E-state index in [0.29, 0.717) is 6.04 Å². The third-order valence-corrected chi connectivity index (χ3v) is 3.42. The molecule has 2 aliphatic rings. The van der Waals surface area contributed by atoms with E-state index in [0.717, 1.165) is 19.4 Å². The van der Waals surface area contributed by atoms with Gasteiger partial charge in [-0.1, -0.05) is 18.1 Å². The Kier molecular flexibility index (Phi) is 3.60. The van der Waals surface area contributed by atoms with Crippen molar-refractivity contribution >= 4 is 0 Å². The highest BCUT2D eigenvalue weighted by molar-refractivity contribution is 5.09. The van der Waals surface area contributed by atoms with Crippen LogP contribution < -0.4 is 5.32 Å². The number of piperidine rings is 1. The Labute approximate surface area is 86.4 Å². The van der Waals surface area contributed by atoms with Crippen LogP contribution in [0.1, 0.15) is 44.9 Å². The summed E-state index contributed by atoms with van der Waals surface area (Å²) >= 11 is 0. The minimum Gasteiger partial charge on any atom is -0.391 e. The van der Waals surface area contributed by atoms with E-state index in [-0.39, 0.29) is 6.10 Å². The monoisotopic (exact) mass is 195 g/mol. The number of hydrogen-bond donors (Lipinski definition) is 2. The molecule has 0 aromatic rings. The summed E-state index contributed by atoms with van der Waals surface area (Å²) in [6.45, 7) is 1.08. The fraction of sp³-hybridized carbons (Fsp3) is 0.833. The highest BCUT2D eigenvalue weighted by Crippen LogP contribution is 2.24. The molecule has 1 aliphatic heterocycles. The highest BCUT2D eigenvalue weighted by atomic mass is 16.3. The van der Waals surface area contributed by atoms with Crippen LogP contribution in [-0.2, 0) is 0 Å². The summed E-state index contributed by atoms with van der Waals surface area (Å²) < 4.78 is 0. The van der Waals surface area contributed by atoms with Gasteiger partial charge in [0.05, 0.1) is 6.10 Å². The Morgan fingerprint density at radius 1 is 1.43 bits per heavy atom. The normalized spacial score (nSPS) is 30.1. The van der Waals surface area contributed by atoms with Gasteiger partial charge < -0.3 is 10.4 Å². The maximum absolute atomic E-state index is 10.0. The molecule has 0 spiro atoms. The van der Waals surface area contributed by atoms with Crippen LogP contribution in [0.3, 0.4) is 0 Å². The van der Waals surface area contributed by atoms with Crippen LogP contribution in [0.15, 0.2) is 11.6 Å². The van der Waals surface area contributed by atoms with E-state index in [9.17, 15) is 5.11 Å². The average molecular weight is 195 g/mol. The van der Waals surface area contributed by atoms with Gasteiger partial charge in [-0.05, 0) is 45.1 Å². The molecule has 1 fully saturated rings. The molecule has 0 bridgehead atoms. The zero-order valence-electron chi connectivity index (χ0n) is 8.84. The summed E-state index contributed by atoms with van der Waals surface area (Å²) in [5, 5.41) is 13.4. The Hall–Kier alpha value is -0.340. The van der Waals surface area contributed by atoms with Gasteiger partial charge in [0.15, 0.2) is 0 Å². The van der Waals surface area contributed by atoms with Gasteiger partial charge in [0, 0.05) is 6.04 Å². The molecule has 0 amide bonds. The van der Waals surface area contributed by atoms with E-state index in [4.69, 9.17) is 0 Å². The number of hydrogen-bond acceptors (Lipinski definition) is 2. The van der Waals surface area contributed by atoms with Crippen LogP contribution in [0.5, 0.6) is 0 Å². The van der Waals surface area contributed by atoms with Gasteiger partial charge >= 0.3 is 0 Å². The van der Waals surface area contributed by atoms with Crippen molar-refractivity contribution in [2.24, 2.45) is 0 Å². The van der Waals surface area contributed by atoms with Crippen molar-refractivity contribution in [1.82, 2.24) is 5.32 Å². The maximum atomic E-state index is 10.0. The van der Waals surface area contributed by atoms with Crippen LogP contribution in [0, 0.1) is 0 Å². The lowest BCUT2D eigenvalue weighted by Gasteiger charge is -2.28. The molecule has 2 unspecified atom stereocenters. The van der Waals surface area contributed by atoms with Gasteiger partial charge in [0.2, 0.25) is 0 Å². The second-order valence-electron chi connectivity index (χ2n) is 4.58. The Bertz CT molecular complexity index is 206. The topological polar surface area (TPSA) is 32.3 Å². The van der Waals surface area contributed by atoms with Crippen molar-refractivity contribution in [3.8, 4) is 0 Å². The maximum Gasteiger partial charge on any atom is 0.0730 e. The summed E-state index contributed by atoms with van der Waals surface area (Å²) in [5.74, 6) is 0. The lowest BCUT2D eigenvalue weighted by atomic mass is 9.95. The predicted molar refractivity (Wildman–Crippen MR) is 58.2 cm³/mol. The number of aliphatic hydroxyl groups excluding tert-OH is 1. The van der Waals surface area contributed by atoms with Gasteiger partial charge in [-0.15, -0.1) is 0 Å². The van der Waals surface area contributed by atoms with E-state index in [1.807, 2.05) is 0 Å². The Morgan fingerprint density at radius 2 is 2.36 bits per heavy atom. The third kappa shape index (κ3) is 2.58. The quantitative estimate of drug-likeness (QED) is 0.675. The number of aliphatic hydroxyl groups is 1. The van der Waals surface area contributed by atoms with E-state index >= 15 is 0 Å². The second kappa shape index (κ2) is 4.94. The molecule has 2 atom stereocenters. The molecule has 2 N–H and O–H groups in total. The lowest BCUT2D eigenvalue weighted by Crippen LogP contribution is -2.43. The summed E-state index contributed by atoms with van der Waals surface area (Å²) in [4.78, 5) is 0. The van der Waals surface area contributed by atoms with Crippen molar-refractivity contribution in [2.75, 3.05) is 6.54 Å². The molecule has 0 aromatic carbocycles. The standard InChI is InChI=1S/C12H21NO/c14-12(9-10-5-1-2-6-10)11-7-3-4-8-13-11/h5,11-14H,1-4,6-9H2. The molecule has 2 nitrogen and oxygen atoms in total. The summed E-state index contributed by atoms with van der Waals surface area (Å²) in [6, 6.07) is 0.352. The average Bonchev–Trinajstić information content (AvgIpc) is 2.72. The first-order valence-corrected chi connectivity index (χ1v) is 5.95. The predicted octanol–water partition coefficient (Wildman–Crippen LogP) is 1.99. The highest BCUT2D eigenvalue weighted by Gasteiger charge is 2.22. The van der Waals surface area contributed by atoms with Gasteiger partial charge in [-0.2, -0.15) is 0 Å². The zero-order chi connectivity index (χ0) is 9.80. The number of allylic oxidation sites excluding steroid dienone is 1. The first-order valence-electron chi connectivity index (χ1n) is 5.95. The van der Waals surface area contributed by atoms with Crippen LogP contribution in [0.25, 0.3) is 0 Å². The zero-order valence-corrected chi connectivity index (χ0v) is 8.84. The summed E-state index contributed by atoms with van der Waals surface area (Å²) in [5.41, 5.74) is 1.48. The molecule has 1 aliphatic carbocycles. The summed E-state index contributed by atoms with van der Waals surface area (Å²) in [7, 11) is 0.